The lowest BCUT2D eigenvalue weighted by Crippen LogP contribution is -2.39. The van der Waals surface area contributed by atoms with E-state index in [1.54, 1.807) is 18.2 Å². The number of carbonyl (C=O) groups is 1. The topological polar surface area (TPSA) is 45.2 Å². The average molecular weight is 377 g/mol. The Morgan fingerprint density at radius 2 is 2.07 bits per heavy atom. The predicted octanol–water partition coefficient (Wildman–Crippen LogP) is 5.30. The minimum absolute atomic E-state index is 0.0451. The molecule has 1 atom stereocenters. The highest BCUT2D eigenvalue weighted by molar-refractivity contribution is 6.00. The molecule has 144 valence electrons. The molecular weight excluding hydrogens is 353 g/mol. The SMILES string of the molecule is Cc1ccc2nc(C(=O)N3CCC[C@H](C)C3)cc(Nc3cccc(F)c3)c2c1. The van der Waals surface area contributed by atoms with E-state index in [1.807, 2.05) is 30.0 Å². The highest BCUT2D eigenvalue weighted by Crippen LogP contribution is 2.29. The van der Waals surface area contributed by atoms with Crippen LogP contribution in [-0.4, -0.2) is 28.9 Å². The van der Waals surface area contributed by atoms with Crippen LogP contribution in [0.4, 0.5) is 15.8 Å². The monoisotopic (exact) mass is 377 g/mol. The zero-order valence-electron chi connectivity index (χ0n) is 16.2. The number of aromatic nitrogens is 1. The molecule has 1 N–H and O–H groups in total. The molecule has 1 aromatic heterocycles. The summed E-state index contributed by atoms with van der Waals surface area (Å²) in [5.41, 5.74) is 3.66. The molecule has 1 saturated heterocycles. The number of halogens is 1. The van der Waals surface area contributed by atoms with Crippen molar-refractivity contribution in [3.8, 4) is 0 Å². The van der Waals surface area contributed by atoms with Crippen LogP contribution in [0.1, 0.15) is 35.8 Å². The average Bonchev–Trinajstić information content (AvgIpc) is 2.67. The van der Waals surface area contributed by atoms with Crippen molar-refractivity contribution in [1.82, 2.24) is 9.88 Å². The number of fused-ring (bicyclic) bond motifs is 1. The van der Waals surface area contributed by atoms with E-state index in [2.05, 4.69) is 17.2 Å². The molecule has 2 aromatic carbocycles. The van der Waals surface area contributed by atoms with Gasteiger partial charge in [-0.25, -0.2) is 9.37 Å². The second-order valence-electron chi connectivity index (χ2n) is 7.71. The van der Waals surface area contributed by atoms with E-state index >= 15 is 0 Å². The van der Waals surface area contributed by atoms with Gasteiger partial charge in [-0.2, -0.15) is 0 Å². The zero-order valence-corrected chi connectivity index (χ0v) is 16.2. The number of nitrogens with zero attached hydrogens (tertiary/aromatic N) is 2. The van der Waals surface area contributed by atoms with Crippen LogP contribution in [0.2, 0.25) is 0 Å². The van der Waals surface area contributed by atoms with Crippen molar-refractivity contribution in [2.75, 3.05) is 18.4 Å². The second-order valence-corrected chi connectivity index (χ2v) is 7.71. The Kier molecular flexibility index (Phi) is 4.99. The van der Waals surface area contributed by atoms with Crippen LogP contribution in [0.15, 0.2) is 48.5 Å². The van der Waals surface area contributed by atoms with Crippen molar-refractivity contribution in [3.05, 3.63) is 65.6 Å². The van der Waals surface area contributed by atoms with Crippen molar-refractivity contribution >= 4 is 28.2 Å². The van der Waals surface area contributed by atoms with Crippen LogP contribution < -0.4 is 5.32 Å². The normalized spacial score (nSPS) is 17.0. The predicted molar refractivity (Wildman–Crippen MR) is 110 cm³/mol. The van der Waals surface area contributed by atoms with Gasteiger partial charge in [-0.3, -0.25) is 4.79 Å². The number of hydrogen-bond acceptors (Lipinski definition) is 3. The van der Waals surface area contributed by atoms with Crippen molar-refractivity contribution in [3.63, 3.8) is 0 Å². The maximum Gasteiger partial charge on any atom is 0.272 e. The third-order valence-electron chi connectivity index (χ3n) is 5.23. The second kappa shape index (κ2) is 7.58. The van der Waals surface area contributed by atoms with Crippen LogP contribution >= 0.6 is 0 Å². The number of likely N-dealkylation sites (tertiary alicyclic amines) is 1. The van der Waals surface area contributed by atoms with Gasteiger partial charge in [-0.15, -0.1) is 0 Å². The molecule has 0 saturated carbocycles. The molecule has 4 rings (SSSR count). The maximum atomic E-state index is 13.6. The molecule has 3 aromatic rings. The number of piperidine rings is 1. The molecule has 1 aliphatic rings. The summed E-state index contributed by atoms with van der Waals surface area (Å²) < 4.78 is 13.6. The van der Waals surface area contributed by atoms with Gasteiger partial charge in [-0.05, 0) is 62.1 Å². The lowest BCUT2D eigenvalue weighted by molar-refractivity contribution is 0.0677. The summed E-state index contributed by atoms with van der Waals surface area (Å²) in [5.74, 6) is 0.153. The number of nitrogens with one attached hydrogen (secondary N) is 1. The minimum atomic E-state index is -0.307. The van der Waals surface area contributed by atoms with E-state index in [0.29, 0.717) is 17.3 Å². The zero-order chi connectivity index (χ0) is 19.7. The summed E-state index contributed by atoms with van der Waals surface area (Å²) in [6.45, 7) is 5.72. The molecular formula is C23H24FN3O. The number of anilines is 2. The summed E-state index contributed by atoms with van der Waals surface area (Å²) >= 11 is 0. The first-order chi connectivity index (χ1) is 13.5. The number of hydrogen-bond donors (Lipinski definition) is 1. The Bertz CT molecular complexity index is 1030. The first kappa shape index (κ1) is 18.4. The molecule has 5 heteroatoms. The fourth-order valence-corrected chi connectivity index (χ4v) is 3.81. The number of carbonyl (C=O) groups excluding carboxylic acids is 1. The van der Waals surface area contributed by atoms with E-state index in [1.165, 1.54) is 12.1 Å². The third kappa shape index (κ3) is 3.84. The molecule has 1 fully saturated rings. The number of rotatable bonds is 3. The van der Waals surface area contributed by atoms with E-state index in [0.717, 1.165) is 48.1 Å². The standard InChI is InChI=1S/C23H24FN3O/c1-15-8-9-20-19(11-15)21(25-18-7-3-6-17(24)12-18)13-22(26-20)23(28)27-10-4-5-16(2)14-27/h3,6-9,11-13,16H,4-5,10,14H2,1-2H3,(H,25,26)/t16-/m0/s1. The number of amides is 1. The van der Waals surface area contributed by atoms with Gasteiger partial charge in [-0.1, -0.05) is 24.6 Å². The molecule has 1 aliphatic heterocycles. The highest BCUT2D eigenvalue weighted by atomic mass is 19.1. The van der Waals surface area contributed by atoms with Crippen molar-refractivity contribution in [1.29, 1.82) is 0 Å². The van der Waals surface area contributed by atoms with E-state index in [4.69, 9.17) is 0 Å². The molecule has 28 heavy (non-hydrogen) atoms. The van der Waals surface area contributed by atoms with Gasteiger partial charge in [0, 0.05) is 24.2 Å². The Hall–Kier alpha value is -2.95. The van der Waals surface area contributed by atoms with Gasteiger partial charge in [0.25, 0.3) is 5.91 Å². The van der Waals surface area contributed by atoms with Crippen LogP contribution in [0, 0.1) is 18.7 Å². The van der Waals surface area contributed by atoms with Gasteiger partial charge < -0.3 is 10.2 Å². The molecule has 2 heterocycles. The molecule has 0 aliphatic carbocycles. The van der Waals surface area contributed by atoms with Crippen LogP contribution in [-0.2, 0) is 0 Å². The fourth-order valence-electron chi connectivity index (χ4n) is 3.81. The summed E-state index contributed by atoms with van der Waals surface area (Å²) in [4.78, 5) is 19.6. The fraction of sp³-hybridized carbons (Fsp3) is 0.304. The Morgan fingerprint density at radius 1 is 1.21 bits per heavy atom. The summed E-state index contributed by atoms with van der Waals surface area (Å²) in [6.07, 6.45) is 2.18. The first-order valence-electron chi connectivity index (χ1n) is 9.73. The summed E-state index contributed by atoms with van der Waals surface area (Å²) in [6, 6.07) is 14.0. The molecule has 0 spiro atoms. The van der Waals surface area contributed by atoms with Crippen LogP contribution in [0.3, 0.4) is 0 Å². The molecule has 1 amide bonds. The van der Waals surface area contributed by atoms with Crippen molar-refractivity contribution in [2.45, 2.75) is 26.7 Å². The Morgan fingerprint density at radius 3 is 2.86 bits per heavy atom. The van der Waals surface area contributed by atoms with E-state index in [9.17, 15) is 9.18 Å². The summed E-state index contributed by atoms with van der Waals surface area (Å²) in [7, 11) is 0. The molecule has 0 bridgehead atoms. The summed E-state index contributed by atoms with van der Waals surface area (Å²) in [5, 5.41) is 4.18. The maximum absolute atomic E-state index is 13.6. The van der Waals surface area contributed by atoms with Gasteiger partial charge >= 0.3 is 0 Å². The smallest absolute Gasteiger partial charge is 0.272 e. The van der Waals surface area contributed by atoms with Crippen molar-refractivity contribution < 1.29 is 9.18 Å². The van der Waals surface area contributed by atoms with Crippen LogP contribution in [0.5, 0.6) is 0 Å². The third-order valence-corrected chi connectivity index (χ3v) is 5.23. The lowest BCUT2D eigenvalue weighted by atomic mass is 10.00. The van der Waals surface area contributed by atoms with E-state index < -0.39 is 0 Å². The minimum Gasteiger partial charge on any atom is -0.355 e. The van der Waals surface area contributed by atoms with Gasteiger partial charge in [0.2, 0.25) is 0 Å². The van der Waals surface area contributed by atoms with Gasteiger partial charge in [0.05, 0.1) is 11.2 Å². The Balaban J connectivity index is 1.76. The van der Waals surface area contributed by atoms with Crippen LogP contribution in [0.25, 0.3) is 10.9 Å². The number of benzene rings is 2. The van der Waals surface area contributed by atoms with Gasteiger partial charge in [0.15, 0.2) is 0 Å². The molecule has 0 unspecified atom stereocenters. The highest BCUT2D eigenvalue weighted by Gasteiger charge is 2.24. The largest absolute Gasteiger partial charge is 0.355 e. The number of pyridine rings is 1. The Labute approximate surface area is 164 Å². The van der Waals surface area contributed by atoms with E-state index in [-0.39, 0.29) is 11.7 Å². The quantitative estimate of drug-likeness (QED) is 0.674. The first-order valence-corrected chi connectivity index (χ1v) is 9.73. The van der Waals surface area contributed by atoms with Gasteiger partial charge in [0.1, 0.15) is 11.5 Å². The molecule has 0 radical (unpaired) electrons. The van der Waals surface area contributed by atoms with Crippen molar-refractivity contribution in [2.24, 2.45) is 5.92 Å². The number of aryl methyl sites for hydroxylation is 1. The molecule has 4 nitrogen and oxygen atoms in total. The lowest BCUT2D eigenvalue weighted by Gasteiger charge is -2.30.